The Morgan fingerprint density at radius 2 is 1.58 bits per heavy atom. The summed E-state index contributed by atoms with van der Waals surface area (Å²) in [5.41, 5.74) is 3.88. The summed E-state index contributed by atoms with van der Waals surface area (Å²) in [5, 5.41) is 19.8. The normalized spacial score (nSPS) is 16.8. The topological polar surface area (TPSA) is 87.1 Å². The Morgan fingerprint density at radius 1 is 0.879 bits per heavy atom. The summed E-state index contributed by atoms with van der Waals surface area (Å²) < 4.78 is 5.84. The molecule has 0 fully saturated rings. The minimum absolute atomic E-state index is 0.112. The number of amides is 1. The minimum Gasteiger partial charge on any atom is -0.489 e. The summed E-state index contributed by atoms with van der Waals surface area (Å²) in [6, 6.07) is 24.6. The van der Waals surface area contributed by atoms with Crippen molar-refractivity contribution >= 4 is 11.9 Å². The quantitative estimate of drug-likeness (QED) is 0.517. The number of rotatable bonds is 9. The van der Waals surface area contributed by atoms with Crippen LogP contribution in [0.5, 0.6) is 5.75 Å². The molecular weight excluding hydrogens is 418 g/mol. The molecule has 2 atom stereocenters. The largest absolute Gasteiger partial charge is 0.489 e. The number of carboxylic acid groups (broad SMARTS) is 1. The molecule has 1 amide bonds. The summed E-state index contributed by atoms with van der Waals surface area (Å²) in [6.07, 6.45) is -0.620. The van der Waals surface area contributed by atoms with Gasteiger partial charge in [0.25, 0.3) is 0 Å². The van der Waals surface area contributed by atoms with E-state index in [2.05, 4.69) is 0 Å². The lowest BCUT2D eigenvalue weighted by Crippen LogP contribution is -2.38. The fourth-order valence-corrected chi connectivity index (χ4v) is 4.26. The van der Waals surface area contributed by atoms with Gasteiger partial charge in [-0.05, 0) is 34.4 Å². The van der Waals surface area contributed by atoms with Crippen molar-refractivity contribution in [3.05, 3.63) is 101 Å². The zero-order chi connectivity index (χ0) is 23.2. The summed E-state index contributed by atoms with van der Waals surface area (Å²) in [5.74, 6) is -0.587. The van der Waals surface area contributed by atoms with Gasteiger partial charge in [-0.2, -0.15) is 0 Å². The van der Waals surface area contributed by atoms with Gasteiger partial charge in [-0.3, -0.25) is 9.59 Å². The van der Waals surface area contributed by atoms with Crippen LogP contribution in [-0.2, 0) is 29.2 Å². The number of carbonyl (C=O) groups excluding carboxylic acids is 1. The molecule has 4 rings (SSSR count). The van der Waals surface area contributed by atoms with Crippen molar-refractivity contribution in [3.63, 3.8) is 0 Å². The van der Waals surface area contributed by atoms with Crippen LogP contribution in [0.3, 0.4) is 0 Å². The van der Waals surface area contributed by atoms with Gasteiger partial charge in [-0.1, -0.05) is 66.7 Å². The zero-order valence-corrected chi connectivity index (χ0v) is 18.3. The number of carboxylic acids is 1. The van der Waals surface area contributed by atoms with Crippen LogP contribution in [0.4, 0.5) is 0 Å². The average molecular weight is 446 g/mol. The molecule has 1 aliphatic rings. The number of aliphatic hydroxyl groups excluding tert-OH is 1. The van der Waals surface area contributed by atoms with E-state index in [0.717, 1.165) is 28.0 Å². The summed E-state index contributed by atoms with van der Waals surface area (Å²) in [4.78, 5) is 25.7. The molecule has 2 N–H and O–H groups in total. The van der Waals surface area contributed by atoms with E-state index in [-0.39, 0.29) is 25.3 Å². The van der Waals surface area contributed by atoms with Crippen LogP contribution in [0.15, 0.2) is 78.9 Å². The Kier molecular flexibility index (Phi) is 7.05. The first-order chi connectivity index (χ1) is 16.0. The van der Waals surface area contributed by atoms with E-state index in [4.69, 9.17) is 9.84 Å². The Balaban J connectivity index is 1.50. The summed E-state index contributed by atoms with van der Waals surface area (Å²) in [7, 11) is 0. The van der Waals surface area contributed by atoms with Crippen LogP contribution in [0, 0.1) is 0 Å². The Morgan fingerprint density at radius 3 is 2.30 bits per heavy atom. The fourth-order valence-electron chi connectivity index (χ4n) is 4.26. The molecule has 6 heteroatoms. The number of hydrogen-bond donors (Lipinski definition) is 2. The van der Waals surface area contributed by atoms with Crippen molar-refractivity contribution in [2.24, 2.45) is 0 Å². The van der Waals surface area contributed by atoms with Gasteiger partial charge in [-0.15, -0.1) is 0 Å². The van der Waals surface area contributed by atoms with Gasteiger partial charge in [-0.25, -0.2) is 0 Å². The zero-order valence-electron chi connectivity index (χ0n) is 18.3. The van der Waals surface area contributed by atoms with Crippen molar-refractivity contribution in [3.8, 4) is 5.75 Å². The van der Waals surface area contributed by atoms with E-state index >= 15 is 0 Å². The maximum absolute atomic E-state index is 13.0. The Labute approximate surface area is 193 Å². The molecule has 6 nitrogen and oxygen atoms in total. The van der Waals surface area contributed by atoms with Crippen molar-refractivity contribution in [1.29, 1.82) is 0 Å². The van der Waals surface area contributed by atoms with Crippen molar-refractivity contribution in [1.82, 2.24) is 4.90 Å². The van der Waals surface area contributed by atoms with Gasteiger partial charge in [0.15, 0.2) is 0 Å². The van der Waals surface area contributed by atoms with Crippen molar-refractivity contribution < 1.29 is 24.5 Å². The second-order valence-electron chi connectivity index (χ2n) is 8.25. The van der Waals surface area contributed by atoms with Gasteiger partial charge in [0.2, 0.25) is 5.91 Å². The highest BCUT2D eigenvalue weighted by atomic mass is 16.5. The third-order valence-electron chi connectivity index (χ3n) is 5.90. The van der Waals surface area contributed by atoms with Gasteiger partial charge in [0.1, 0.15) is 12.4 Å². The van der Waals surface area contributed by atoms with Crippen LogP contribution in [0.1, 0.15) is 41.1 Å². The fraction of sp³-hybridized carbons (Fsp3) is 0.259. The lowest BCUT2D eigenvalue weighted by Gasteiger charge is -2.32. The lowest BCUT2D eigenvalue weighted by molar-refractivity contribution is -0.143. The van der Waals surface area contributed by atoms with Gasteiger partial charge < -0.3 is 19.8 Å². The van der Waals surface area contributed by atoms with Crippen LogP contribution >= 0.6 is 0 Å². The number of hydrogen-bond acceptors (Lipinski definition) is 4. The van der Waals surface area contributed by atoms with Crippen molar-refractivity contribution in [2.45, 2.75) is 44.6 Å². The number of nitrogens with zero attached hydrogens (tertiary/aromatic N) is 1. The molecule has 3 aromatic rings. The van der Waals surface area contributed by atoms with E-state index < -0.39 is 18.1 Å². The smallest absolute Gasteiger partial charge is 0.303 e. The summed E-state index contributed by atoms with van der Waals surface area (Å²) in [6.45, 7) is 0.735. The first-order valence-corrected chi connectivity index (χ1v) is 11.0. The molecule has 0 bridgehead atoms. The van der Waals surface area contributed by atoms with E-state index in [1.165, 1.54) is 0 Å². The van der Waals surface area contributed by atoms with Crippen LogP contribution in [0.2, 0.25) is 0 Å². The predicted octanol–water partition coefficient (Wildman–Crippen LogP) is 4.12. The van der Waals surface area contributed by atoms with Crippen LogP contribution in [0.25, 0.3) is 0 Å². The highest BCUT2D eigenvalue weighted by molar-refractivity contribution is 5.81. The maximum atomic E-state index is 13.0. The maximum Gasteiger partial charge on any atom is 0.303 e. The molecule has 170 valence electrons. The lowest BCUT2D eigenvalue weighted by atomic mass is 10.0. The number of aliphatic hydroxyl groups is 1. The Bertz CT molecular complexity index is 1100. The monoisotopic (exact) mass is 445 g/mol. The highest BCUT2D eigenvalue weighted by Gasteiger charge is 2.37. The third kappa shape index (κ3) is 5.59. The average Bonchev–Trinajstić information content (AvgIpc) is 3.16. The molecule has 33 heavy (non-hydrogen) atoms. The number of ether oxygens (including phenoxy) is 1. The van der Waals surface area contributed by atoms with Crippen molar-refractivity contribution in [2.75, 3.05) is 0 Å². The van der Waals surface area contributed by atoms with Gasteiger partial charge >= 0.3 is 5.97 Å². The standard InChI is InChI=1S/C27H27NO5/c29-24-16-21-8-4-5-9-23(21)27(24)28(25(30)14-15-26(31)32)17-19-10-12-22(13-11-19)33-18-20-6-2-1-3-7-20/h1-13,24,27,29H,14-18H2,(H,31,32)/t24-,27?/m1/s1. The first-order valence-electron chi connectivity index (χ1n) is 11.0. The van der Waals surface area contributed by atoms with Gasteiger partial charge in [0.05, 0.1) is 18.6 Å². The second kappa shape index (κ2) is 10.3. The molecule has 0 saturated heterocycles. The van der Waals surface area contributed by atoms with Gasteiger partial charge in [0, 0.05) is 19.4 Å². The molecule has 1 aliphatic carbocycles. The number of carbonyl (C=O) groups is 2. The first kappa shape index (κ1) is 22.6. The van der Waals surface area contributed by atoms with Crippen LogP contribution < -0.4 is 4.74 Å². The van der Waals surface area contributed by atoms with E-state index in [1.54, 1.807) is 4.90 Å². The highest BCUT2D eigenvalue weighted by Crippen LogP contribution is 2.37. The molecule has 0 aliphatic heterocycles. The Hall–Kier alpha value is -3.64. The van der Waals surface area contributed by atoms with E-state index in [0.29, 0.717) is 13.0 Å². The third-order valence-corrected chi connectivity index (χ3v) is 5.90. The van der Waals surface area contributed by atoms with Crippen LogP contribution in [-0.4, -0.2) is 33.1 Å². The van der Waals surface area contributed by atoms with E-state index in [9.17, 15) is 14.7 Å². The molecule has 3 aromatic carbocycles. The molecule has 0 saturated carbocycles. The summed E-state index contributed by atoms with van der Waals surface area (Å²) >= 11 is 0. The molecule has 0 aromatic heterocycles. The molecular formula is C27H27NO5. The number of fused-ring (bicyclic) bond motifs is 1. The number of aliphatic carboxylic acids is 1. The molecule has 0 spiro atoms. The molecule has 0 radical (unpaired) electrons. The number of benzene rings is 3. The van der Waals surface area contributed by atoms with E-state index in [1.807, 2.05) is 78.9 Å². The molecule has 0 heterocycles. The SMILES string of the molecule is O=C(O)CCC(=O)N(Cc1ccc(OCc2ccccc2)cc1)C1c2ccccc2C[C@H]1O. The molecule has 1 unspecified atom stereocenters. The second-order valence-corrected chi connectivity index (χ2v) is 8.25. The minimum atomic E-state index is -1.02. The predicted molar refractivity (Wildman–Crippen MR) is 124 cm³/mol.